The summed E-state index contributed by atoms with van der Waals surface area (Å²) < 4.78 is 19.4. The monoisotopic (exact) mass is 478 g/mol. The third-order valence-electron chi connectivity index (χ3n) is 5.65. The van der Waals surface area contributed by atoms with Gasteiger partial charge >= 0.3 is 0 Å². The van der Waals surface area contributed by atoms with Gasteiger partial charge in [0.25, 0.3) is 5.91 Å². The summed E-state index contributed by atoms with van der Waals surface area (Å²) in [5.41, 5.74) is 2.92. The van der Waals surface area contributed by atoms with Gasteiger partial charge in [0.2, 0.25) is 0 Å². The summed E-state index contributed by atoms with van der Waals surface area (Å²) in [6, 6.07) is 16.4. The number of nitrogens with zero attached hydrogens (tertiary/aromatic N) is 1. The molecule has 0 radical (unpaired) electrons. The molecule has 174 valence electrons. The second kappa shape index (κ2) is 9.39. The summed E-state index contributed by atoms with van der Waals surface area (Å²) in [7, 11) is 1.60. The first kappa shape index (κ1) is 23.6. The first-order chi connectivity index (χ1) is 16.2. The minimum Gasteiger partial charge on any atom is -0.497 e. The largest absolute Gasteiger partial charge is 0.497 e. The topological polar surface area (TPSA) is 67.8 Å². The Bertz CT molecular complexity index is 1300. The van der Waals surface area contributed by atoms with Crippen LogP contribution >= 0.6 is 11.6 Å². The van der Waals surface area contributed by atoms with E-state index in [1.54, 1.807) is 31.4 Å². The average Bonchev–Trinajstić information content (AvgIpc) is 2.78. The number of fused-ring (bicyclic) bond motifs is 1. The van der Waals surface area contributed by atoms with E-state index in [1.165, 1.54) is 18.2 Å². The summed E-state index contributed by atoms with van der Waals surface area (Å²) in [5.74, 6) is -0.850. The van der Waals surface area contributed by atoms with Gasteiger partial charge in [0, 0.05) is 16.8 Å². The lowest BCUT2D eigenvalue weighted by atomic mass is 9.85. The highest BCUT2D eigenvalue weighted by Crippen LogP contribution is 2.31. The Morgan fingerprint density at radius 2 is 1.88 bits per heavy atom. The number of hydrogen-bond donors (Lipinski definition) is 1. The molecule has 0 spiro atoms. The highest BCUT2D eigenvalue weighted by molar-refractivity contribution is 6.34. The van der Waals surface area contributed by atoms with Gasteiger partial charge in [-0.05, 0) is 62.2 Å². The van der Waals surface area contributed by atoms with Crippen LogP contribution in [0.15, 0.2) is 65.7 Å². The van der Waals surface area contributed by atoms with Gasteiger partial charge in [0.05, 0.1) is 35.4 Å². The number of methoxy groups -OCH3 is 1. The molecule has 1 N–H and O–H groups in total. The molecule has 4 rings (SSSR count). The number of ketones is 1. The number of nitrogens with one attached hydrogen (secondary N) is 1. The van der Waals surface area contributed by atoms with Crippen molar-refractivity contribution in [2.75, 3.05) is 12.4 Å². The van der Waals surface area contributed by atoms with Crippen molar-refractivity contribution in [1.29, 1.82) is 0 Å². The van der Waals surface area contributed by atoms with Crippen molar-refractivity contribution in [3.63, 3.8) is 0 Å². The van der Waals surface area contributed by atoms with Crippen molar-refractivity contribution in [2.24, 2.45) is 4.99 Å². The maximum atomic E-state index is 14.1. The summed E-state index contributed by atoms with van der Waals surface area (Å²) in [4.78, 5) is 30.6. The number of ether oxygens (including phenoxy) is 1. The number of carbonyl (C=O) groups excluding carboxylic acids is 2. The van der Waals surface area contributed by atoms with E-state index in [2.05, 4.69) is 5.32 Å². The summed E-state index contributed by atoms with van der Waals surface area (Å²) in [6.45, 7) is 4.07. The van der Waals surface area contributed by atoms with Crippen LogP contribution in [0.4, 0.5) is 10.1 Å². The molecular formula is C27H24ClFN2O3. The van der Waals surface area contributed by atoms with Crippen molar-refractivity contribution < 1.29 is 18.7 Å². The van der Waals surface area contributed by atoms with Crippen LogP contribution in [0.25, 0.3) is 0 Å². The van der Waals surface area contributed by atoms with Crippen LogP contribution in [0.2, 0.25) is 5.02 Å². The zero-order valence-corrected chi connectivity index (χ0v) is 19.9. The Hall–Kier alpha value is -3.51. The molecule has 1 aliphatic heterocycles. The molecule has 7 heteroatoms. The van der Waals surface area contributed by atoms with Crippen LogP contribution < -0.4 is 10.1 Å². The lowest BCUT2D eigenvalue weighted by Crippen LogP contribution is -2.30. The fourth-order valence-corrected chi connectivity index (χ4v) is 4.35. The molecule has 5 nitrogen and oxygen atoms in total. The molecule has 1 heterocycles. The van der Waals surface area contributed by atoms with Crippen LogP contribution in [-0.4, -0.2) is 30.1 Å². The summed E-state index contributed by atoms with van der Waals surface area (Å²) >= 11 is 5.99. The van der Waals surface area contributed by atoms with Gasteiger partial charge in [-0.15, -0.1) is 0 Å². The van der Waals surface area contributed by atoms with E-state index in [4.69, 9.17) is 21.3 Å². The van der Waals surface area contributed by atoms with E-state index in [1.807, 2.05) is 32.0 Å². The first-order valence-corrected chi connectivity index (χ1v) is 11.2. The second-order valence-electron chi connectivity index (χ2n) is 8.80. The number of aliphatic imine (C=N–C) groups is 1. The molecule has 0 aliphatic carbocycles. The number of anilines is 1. The standard InChI is InChI=1S/C27H24ClFN2O3/c1-27(2)15-17-10-11-19(34-3)13-20(17)23(31-27)14-24(32)16-6-4-7-18(12-16)30-26(33)25-21(28)8-5-9-22(25)29/h4-13H,14-15H2,1-3H3,(H,30,33). The van der Waals surface area contributed by atoms with Crippen molar-refractivity contribution in [2.45, 2.75) is 32.2 Å². The minimum absolute atomic E-state index is 0.0109. The van der Waals surface area contributed by atoms with E-state index < -0.39 is 11.7 Å². The van der Waals surface area contributed by atoms with Crippen molar-refractivity contribution >= 4 is 34.7 Å². The van der Waals surface area contributed by atoms with Crippen molar-refractivity contribution in [1.82, 2.24) is 0 Å². The first-order valence-electron chi connectivity index (χ1n) is 10.8. The summed E-state index contributed by atoms with van der Waals surface area (Å²) in [5, 5.41) is 2.63. The highest BCUT2D eigenvalue weighted by Gasteiger charge is 2.28. The molecule has 3 aromatic rings. The fourth-order valence-electron chi connectivity index (χ4n) is 4.10. The number of hydrogen-bond acceptors (Lipinski definition) is 4. The summed E-state index contributed by atoms with van der Waals surface area (Å²) in [6.07, 6.45) is 0.865. The quantitative estimate of drug-likeness (QED) is 0.433. The third kappa shape index (κ3) is 5.02. The Morgan fingerprint density at radius 1 is 1.12 bits per heavy atom. The van der Waals surface area contributed by atoms with Gasteiger partial charge < -0.3 is 10.1 Å². The molecule has 0 bridgehead atoms. The van der Waals surface area contributed by atoms with E-state index in [0.29, 0.717) is 22.7 Å². The third-order valence-corrected chi connectivity index (χ3v) is 5.96. The van der Waals surface area contributed by atoms with Gasteiger partial charge in [-0.2, -0.15) is 0 Å². The number of amides is 1. The maximum Gasteiger partial charge on any atom is 0.260 e. The van der Waals surface area contributed by atoms with Gasteiger partial charge in [0.1, 0.15) is 11.6 Å². The molecule has 34 heavy (non-hydrogen) atoms. The van der Waals surface area contributed by atoms with Gasteiger partial charge in [-0.1, -0.05) is 35.9 Å². The predicted molar refractivity (Wildman–Crippen MR) is 132 cm³/mol. The van der Waals surface area contributed by atoms with Crippen LogP contribution in [-0.2, 0) is 6.42 Å². The zero-order valence-electron chi connectivity index (χ0n) is 19.1. The Balaban J connectivity index is 1.57. The SMILES string of the molecule is COc1ccc2c(c1)C(CC(=O)c1cccc(NC(=O)c3c(F)cccc3Cl)c1)=NC(C)(C)C2. The van der Waals surface area contributed by atoms with Gasteiger partial charge in [0.15, 0.2) is 5.78 Å². The normalized spacial score (nSPS) is 14.1. The molecule has 1 aliphatic rings. The van der Waals surface area contributed by atoms with E-state index >= 15 is 0 Å². The number of halogens is 2. The Morgan fingerprint density at radius 3 is 2.62 bits per heavy atom. The molecule has 0 aromatic heterocycles. The molecule has 0 saturated carbocycles. The molecule has 1 amide bonds. The molecule has 0 atom stereocenters. The predicted octanol–water partition coefficient (Wildman–Crippen LogP) is 6.14. The van der Waals surface area contributed by atoms with Gasteiger partial charge in [-0.3, -0.25) is 14.6 Å². The molecule has 0 saturated heterocycles. The van der Waals surface area contributed by atoms with Crippen LogP contribution in [0.5, 0.6) is 5.75 Å². The number of Topliss-reactive ketones (excluding diaryl/α,β-unsaturated/α-hetero) is 1. The van der Waals surface area contributed by atoms with Crippen molar-refractivity contribution in [3.8, 4) is 5.75 Å². The smallest absolute Gasteiger partial charge is 0.260 e. The van der Waals surface area contributed by atoms with Crippen LogP contribution in [0, 0.1) is 5.82 Å². The van der Waals surface area contributed by atoms with Crippen LogP contribution in [0.1, 0.15) is 52.1 Å². The van der Waals surface area contributed by atoms with Crippen LogP contribution in [0.3, 0.4) is 0 Å². The lowest BCUT2D eigenvalue weighted by molar-refractivity contribution is 0.0995. The maximum absolute atomic E-state index is 14.1. The second-order valence-corrected chi connectivity index (χ2v) is 9.21. The average molecular weight is 479 g/mol. The lowest BCUT2D eigenvalue weighted by Gasteiger charge is -2.29. The molecule has 0 fully saturated rings. The molecule has 3 aromatic carbocycles. The number of benzene rings is 3. The fraction of sp³-hybridized carbons (Fsp3) is 0.222. The number of carbonyl (C=O) groups is 2. The van der Waals surface area contributed by atoms with E-state index in [9.17, 15) is 14.0 Å². The van der Waals surface area contributed by atoms with Gasteiger partial charge in [-0.25, -0.2) is 4.39 Å². The number of rotatable bonds is 6. The molecule has 0 unspecified atom stereocenters. The van der Waals surface area contributed by atoms with E-state index in [-0.39, 0.29) is 28.3 Å². The highest BCUT2D eigenvalue weighted by atomic mass is 35.5. The zero-order chi connectivity index (χ0) is 24.5. The Labute approximate surface area is 202 Å². The minimum atomic E-state index is -0.718. The Kier molecular flexibility index (Phi) is 6.53. The van der Waals surface area contributed by atoms with E-state index in [0.717, 1.165) is 17.5 Å². The molecular weight excluding hydrogens is 455 g/mol. The van der Waals surface area contributed by atoms with Crippen molar-refractivity contribution in [3.05, 3.63) is 93.8 Å².